The van der Waals surface area contributed by atoms with Crippen LogP contribution in [0.15, 0.2) is 12.4 Å². The van der Waals surface area contributed by atoms with E-state index in [1.165, 1.54) is 18.7 Å². The highest BCUT2D eigenvalue weighted by molar-refractivity contribution is 5.11. The van der Waals surface area contributed by atoms with E-state index in [4.69, 9.17) is 0 Å². The van der Waals surface area contributed by atoms with Gasteiger partial charge in [0.2, 0.25) is 0 Å². The van der Waals surface area contributed by atoms with Gasteiger partial charge in [-0.3, -0.25) is 0 Å². The number of hydrogen-bond donors (Lipinski definition) is 1. The summed E-state index contributed by atoms with van der Waals surface area (Å²) in [6.07, 6.45) is 7.61. The number of aromatic nitrogens is 2. The van der Waals surface area contributed by atoms with Gasteiger partial charge in [0.1, 0.15) is 5.82 Å². The fourth-order valence-corrected chi connectivity index (χ4v) is 2.44. The first-order chi connectivity index (χ1) is 6.82. The predicted octanol–water partition coefficient (Wildman–Crippen LogP) is 1.89. The van der Waals surface area contributed by atoms with Gasteiger partial charge in [-0.25, -0.2) is 4.98 Å². The SMILES string of the molecule is CCn1ccnc1C1(CC)CCCN1. The van der Waals surface area contributed by atoms with Crippen molar-refractivity contribution in [3.05, 3.63) is 18.2 Å². The van der Waals surface area contributed by atoms with Gasteiger partial charge in [-0.15, -0.1) is 0 Å². The van der Waals surface area contributed by atoms with Crippen LogP contribution >= 0.6 is 0 Å². The van der Waals surface area contributed by atoms with Gasteiger partial charge in [0.25, 0.3) is 0 Å². The largest absolute Gasteiger partial charge is 0.334 e. The molecule has 3 heteroatoms. The number of nitrogens with zero attached hydrogens (tertiary/aromatic N) is 2. The molecule has 1 fully saturated rings. The molecule has 1 saturated heterocycles. The zero-order valence-corrected chi connectivity index (χ0v) is 9.08. The minimum atomic E-state index is 0.152. The second kappa shape index (κ2) is 3.73. The molecule has 1 unspecified atom stereocenters. The Hall–Kier alpha value is -0.830. The van der Waals surface area contributed by atoms with E-state index >= 15 is 0 Å². The molecule has 1 aliphatic heterocycles. The number of imidazole rings is 1. The van der Waals surface area contributed by atoms with Gasteiger partial charge < -0.3 is 9.88 Å². The van der Waals surface area contributed by atoms with Crippen molar-refractivity contribution in [1.82, 2.24) is 14.9 Å². The lowest BCUT2D eigenvalue weighted by Crippen LogP contribution is -2.38. The van der Waals surface area contributed by atoms with E-state index in [9.17, 15) is 0 Å². The maximum atomic E-state index is 4.51. The Labute approximate surface area is 85.5 Å². The molecule has 0 spiro atoms. The molecule has 3 nitrogen and oxygen atoms in total. The van der Waals surface area contributed by atoms with E-state index in [2.05, 4.69) is 34.9 Å². The average molecular weight is 193 g/mol. The van der Waals surface area contributed by atoms with Crippen molar-refractivity contribution in [2.24, 2.45) is 0 Å². The van der Waals surface area contributed by atoms with Gasteiger partial charge in [-0.2, -0.15) is 0 Å². The van der Waals surface area contributed by atoms with Gasteiger partial charge in [-0.05, 0) is 32.7 Å². The first kappa shape index (κ1) is 9.71. The third kappa shape index (κ3) is 1.36. The van der Waals surface area contributed by atoms with Crippen LogP contribution in [0.1, 0.15) is 38.9 Å². The van der Waals surface area contributed by atoms with Crippen LogP contribution in [0.5, 0.6) is 0 Å². The molecule has 1 aromatic heterocycles. The lowest BCUT2D eigenvalue weighted by Gasteiger charge is -2.28. The van der Waals surface area contributed by atoms with E-state index in [0.29, 0.717) is 0 Å². The fourth-order valence-electron chi connectivity index (χ4n) is 2.44. The summed E-state index contributed by atoms with van der Waals surface area (Å²) < 4.78 is 2.25. The molecule has 1 aromatic rings. The Morgan fingerprint density at radius 1 is 1.57 bits per heavy atom. The number of nitrogens with one attached hydrogen (secondary N) is 1. The molecule has 0 aromatic carbocycles. The number of aryl methyl sites for hydroxylation is 1. The van der Waals surface area contributed by atoms with Gasteiger partial charge in [0.15, 0.2) is 0 Å². The fraction of sp³-hybridized carbons (Fsp3) is 0.727. The molecule has 1 atom stereocenters. The molecule has 2 heterocycles. The summed E-state index contributed by atoms with van der Waals surface area (Å²) in [5.41, 5.74) is 0.152. The van der Waals surface area contributed by atoms with Crippen molar-refractivity contribution in [2.75, 3.05) is 6.54 Å². The van der Waals surface area contributed by atoms with E-state index in [1.54, 1.807) is 0 Å². The maximum absolute atomic E-state index is 4.51. The van der Waals surface area contributed by atoms with Crippen LogP contribution < -0.4 is 5.32 Å². The summed E-state index contributed by atoms with van der Waals surface area (Å²) in [6, 6.07) is 0. The first-order valence-corrected chi connectivity index (χ1v) is 5.59. The van der Waals surface area contributed by atoms with Crippen molar-refractivity contribution >= 4 is 0 Å². The van der Waals surface area contributed by atoms with Gasteiger partial charge in [0, 0.05) is 18.9 Å². The van der Waals surface area contributed by atoms with Crippen LogP contribution in [-0.2, 0) is 12.1 Å². The maximum Gasteiger partial charge on any atom is 0.129 e. The molecular formula is C11H19N3. The van der Waals surface area contributed by atoms with E-state index in [1.807, 2.05) is 6.20 Å². The monoisotopic (exact) mass is 193 g/mol. The summed E-state index contributed by atoms with van der Waals surface area (Å²) >= 11 is 0. The van der Waals surface area contributed by atoms with E-state index in [-0.39, 0.29) is 5.54 Å². The Morgan fingerprint density at radius 2 is 2.43 bits per heavy atom. The Kier molecular flexibility index (Phi) is 2.59. The second-order valence-electron chi connectivity index (χ2n) is 4.00. The summed E-state index contributed by atoms with van der Waals surface area (Å²) in [5.74, 6) is 1.22. The highest BCUT2D eigenvalue weighted by Crippen LogP contribution is 2.32. The van der Waals surface area contributed by atoms with Crippen molar-refractivity contribution < 1.29 is 0 Å². The van der Waals surface area contributed by atoms with Crippen molar-refractivity contribution in [1.29, 1.82) is 0 Å². The van der Waals surface area contributed by atoms with Gasteiger partial charge in [-0.1, -0.05) is 6.92 Å². The lowest BCUT2D eigenvalue weighted by molar-refractivity contribution is 0.339. The summed E-state index contributed by atoms with van der Waals surface area (Å²) in [5, 5.41) is 3.61. The first-order valence-electron chi connectivity index (χ1n) is 5.59. The normalized spacial score (nSPS) is 27.0. The Bertz CT molecular complexity index is 297. The van der Waals surface area contributed by atoms with Crippen LogP contribution in [0.2, 0.25) is 0 Å². The van der Waals surface area contributed by atoms with Crippen LogP contribution in [0.3, 0.4) is 0 Å². The standard InChI is InChI=1S/C11H19N3/c1-3-11(6-5-7-13-11)10-12-8-9-14(10)4-2/h8-9,13H,3-7H2,1-2H3. The van der Waals surface area contributed by atoms with Crippen LogP contribution in [-0.4, -0.2) is 16.1 Å². The summed E-state index contributed by atoms with van der Waals surface area (Å²) in [4.78, 5) is 4.51. The third-order valence-corrected chi connectivity index (χ3v) is 3.33. The lowest BCUT2D eigenvalue weighted by atomic mass is 9.93. The third-order valence-electron chi connectivity index (χ3n) is 3.33. The van der Waals surface area contributed by atoms with Crippen LogP contribution in [0.4, 0.5) is 0 Å². The topological polar surface area (TPSA) is 29.9 Å². The minimum absolute atomic E-state index is 0.152. The van der Waals surface area contributed by atoms with Crippen LogP contribution in [0.25, 0.3) is 0 Å². The number of hydrogen-bond acceptors (Lipinski definition) is 2. The molecule has 0 radical (unpaired) electrons. The minimum Gasteiger partial charge on any atom is -0.334 e. The molecule has 1 aliphatic rings. The van der Waals surface area contributed by atoms with Crippen molar-refractivity contribution in [3.63, 3.8) is 0 Å². The molecule has 78 valence electrons. The highest BCUT2D eigenvalue weighted by atomic mass is 15.1. The highest BCUT2D eigenvalue weighted by Gasteiger charge is 2.36. The second-order valence-corrected chi connectivity index (χ2v) is 4.00. The van der Waals surface area contributed by atoms with Gasteiger partial charge in [0.05, 0.1) is 5.54 Å². The summed E-state index contributed by atoms with van der Waals surface area (Å²) in [6.45, 7) is 6.56. The molecule has 1 N–H and O–H groups in total. The molecule has 14 heavy (non-hydrogen) atoms. The molecule has 0 bridgehead atoms. The van der Waals surface area contributed by atoms with E-state index < -0.39 is 0 Å². The van der Waals surface area contributed by atoms with Crippen molar-refractivity contribution in [3.8, 4) is 0 Å². The molecule has 2 rings (SSSR count). The molecule has 0 aliphatic carbocycles. The van der Waals surface area contributed by atoms with Crippen molar-refractivity contribution in [2.45, 2.75) is 45.2 Å². The molecular weight excluding hydrogens is 174 g/mol. The Balaban J connectivity index is 2.35. The van der Waals surface area contributed by atoms with Crippen LogP contribution in [0, 0.1) is 0 Å². The molecule has 0 saturated carbocycles. The van der Waals surface area contributed by atoms with E-state index in [0.717, 1.165) is 19.5 Å². The smallest absolute Gasteiger partial charge is 0.129 e. The predicted molar refractivity (Wildman–Crippen MR) is 57.1 cm³/mol. The van der Waals surface area contributed by atoms with Gasteiger partial charge >= 0.3 is 0 Å². The quantitative estimate of drug-likeness (QED) is 0.794. The number of rotatable bonds is 3. The zero-order valence-electron chi connectivity index (χ0n) is 9.08. The molecule has 0 amide bonds. The average Bonchev–Trinajstić information content (AvgIpc) is 2.86. The zero-order chi connectivity index (χ0) is 10.0. The Morgan fingerprint density at radius 3 is 3.00 bits per heavy atom. The summed E-state index contributed by atoms with van der Waals surface area (Å²) in [7, 11) is 0.